The summed E-state index contributed by atoms with van der Waals surface area (Å²) in [6.45, 7) is 7.37. The van der Waals surface area contributed by atoms with E-state index in [-0.39, 0.29) is 25.7 Å². The van der Waals surface area contributed by atoms with Crippen molar-refractivity contribution in [1.29, 1.82) is 0 Å². The first kappa shape index (κ1) is 104. The first-order chi connectivity index (χ1) is 51.6. The van der Waals surface area contributed by atoms with Crippen LogP contribution in [0.25, 0.3) is 0 Å². The van der Waals surface area contributed by atoms with Crippen LogP contribution in [0.1, 0.15) is 471 Å². The Balaban J connectivity index is 5.24. The van der Waals surface area contributed by atoms with Crippen LogP contribution >= 0.6 is 15.6 Å². The van der Waals surface area contributed by atoms with Crippen LogP contribution in [0.2, 0.25) is 0 Å². The lowest BCUT2D eigenvalue weighted by atomic mass is 9.99. The van der Waals surface area contributed by atoms with Gasteiger partial charge in [0.15, 0.2) is 12.2 Å². The molecule has 19 heteroatoms. The van der Waals surface area contributed by atoms with Gasteiger partial charge < -0.3 is 33.8 Å². The van der Waals surface area contributed by atoms with Crippen molar-refractivity contribution in [2.24, 2.45) is 5.92 Å². The minimum Gasteiger partial charge on any atom is -0.462 e. The Kier molecular flexibility index (Phi) is 78.2. The quantitative estimate of drug-likeness (QED) is 0.0222. The fourth-order valence-corrected chi connectivity index (χ4v) is 15.2. The molecule has 0 saturated carbocycles. The van der Waals surface area contributed by atoms with Gasteiger partial charge in [0.25, 0.3) is 0 Å². The van der Waals surface area contributed by atoms with Crippen LogP contribution < -0.4 is 0 Å². The van der Waals surface area contributed by atoms with E-state index in [1.165, 1.54) is 295 Å². The molecule has 630 valence electrons. The lowest BCUT2D eigenvalue weighted by molar-refractivity contribution is -0.161. The predicted molar refractivity (Wildman–Crippen MR) is 437 cm³/mol. The Hall–Kier alpha value is -1.94. The van der Waals surface area contributed by atoms with Crippen molar-refractivity contribution in [3.05, 3.63) is 0 Å². The summed E-state index contributed by atoms with van der Waals surface area (Å²) in [5.41, 5.74) is 0. The normalized spacial score (nSPS) is 14.0. The largest absolute Gasteiger partial charge is 0.472 e. The molecule has 0 rings (SSSR count). The van der Waals surface area contributed by atoms with Gasteiger partial charge in [-0.15, -0.1) is 0 Å². The molecule has 0 amide bonds. The Morgan fingerprint density at radius 1 is 0.264 bits per heavy atom. The molecule has 0 fully saturated rings. The second-order valence-electron chi connectivity index (χ2n) is 31.5. The van der Waals surface area contributed by atoms with Crippen molar-refractivity contribution < 1.29 is 80.2 Å². The zero-order chi connectivity index (χ0) is 77.6. The van der Waals surface area contributed by atoms with Crippen molar-refractivity contribution >= 4 is 39.5 Å². The summed E-state index contributed by atoms with van der Waals surface area (Å²) in [5, 5.41) is 10.7. The third kappa shape index (κ3) is 78.7. The molecule has 0 radical (unpaired) electrons. The number of unbranched alkanes of at least 4 members (excludes halogenated alkanes) is 58. The third-order valence-corrected chi connectivity index (χ3v) is 22.8. The van der Waals surface area contributed by atoms with Crippen molar-refractivity contribution in [2.45, 2.75) is 490 Å². The van der Waals surface area contributed by atoms with Gasteiger partial charge in [0.05, 0.1) is 26.4 Å². The third-order valence-electron chi connectivity index (χ3n) is 20.9. The zero-order valence-corrected chi connectivity index (χ0v) is 71.4. The summed E-state index contributed by atoms with van der Waals surface area (Å²) in [7, 11) is -9.93. The summed E-state index contributed by atoms with van der Waals surface area (Å²) in [6.07, 6.45) is 73.6. The fourth-order valence-electron chi connectivity index (χ4n) is 13.6. The molecule has 106 heavy (non-hydrogen) atoms. The standard InChI is InChI=1S/C87H170O17P2/c1-6-10-13-16-19-22-25-28-31-33-35-37-39-41-44-46-49-55-60-65-70-84(89)97-76-82(103-87(92)73-68-63-58-51-48-45-42-40-38-36-34-32-29-26-23-20-17-14-11-7-2)78-101-105(93,94)99-74-81(88)75-100-106(95,96)102-79-83(77-98-85(90)71-66-61-56-53-52-54-59-64-69-80(5)9-4)104-86(91)72-67-62-57-50-47-43-30-27-24-21-18-15-12-8-3/h80-83,88H,6-79H2,1-5H3,(H,93,94)(H,95,96)/t80?,81-,82-,83-/m1/s1. The lowest BCUT2D eigenvalue weighted by Gasteiger charge is -2.21. The number of carbonyl (C=O) groups excluding carboxylic acids is 4. The number of phosphoric acid groups is 2. The van der Waals surface area contributed by atoms with Gasteiger partial charge in [0, 0.05) is 25.7 Å². The second-order valence-corrected chi connectivity index (χ2v) is 34.4. The maximum atomic E-state index is 13.2. The van der Waals surface area contributed by atoms with E-state index in [0.29, 0.717) is 25.7 Å². The molecular weight excluding hydrogens is 1380 g/mol. The summed E-state index contributed by atoms with van der Waals surface area (Å²) in [5.74, 6) is -1.32. The Morgan fingerprint density at radius 3 is 0.670 bits per heavy atom. The SMILES string of the molecule is CCCCCCCCCCCCCCCCCCCCCCC(=O)OC[C@H](COP(=O)(O)OC[C@@H](O)COP(=O)(O)OC[C@@H](COC(=O)CCCCCCCCCCC(C)CC)OC(=O)CCCCCCCCCCCCCCCC)OC(=O)CCCCCCCCCCCCCCCCCCCCCC. The number of esters is 4. The maximum absolute atomic E-state index is 13.2. The summed E-state index contributed by atoms with van der Waals surface area (Å²) in [4.78, 5) is 73.3. The van der Waals surface area contributed by atoms with E-state index < -0.39 is 97.5 Å². The minimum absolute atomic E-state index is 0.108. The molecule has 0 saturated heterocycles. The number of ether oxygens (including phenoxy) is 4. The van der Waals surface area contributed by atoms with Crippen LogP contribution in [0.4, 0.5) is 0 Å². The summed E-state index contributed by atoms with van der Waals surface area (Å²) < 4.78 is 68.9. The monoisotopic (exact) mass is 1550 g/mol. The molecule has 0 aromatic carbocycles. The first-order valence-electron chi connectivity index (χ1n) is 45.2. The van der Waals surface area contributed by atoms with Crippen LogP contribution in [-0.2, 0) is 65.4 Å². The van der Waals surface area contributed by atoms with Gasteiger partial charge in [0.1, 0.15) is 19.3 Å². The molecule has 6 atom stereocenters. The van der Waals surface area contributed by atoms with Crippen molar-refractivity contribution in [1.82, 2.24) is 0 Å². The fraction of sp³-hybridized carbons (Fsp3) is 0.954. The van der Waals surface area contributed by atoms with Gasteiger partial charge in [-0.2, -0.15) is 0 Å². The van der Waals surface area contributed by atoms with E-state index in [1.807, 2.05) is 0 Å². The average molecular weight is 1550 g/mol. The number of aliphatic hydroxyl groups is 1. The van der Waals surface area contributed by atoms with Crippen LogP contribution in [0.5, 0.6) is 0 Å². The highest BCUT2D eigenvalue weighted by atomic mass is 31.2. The maximum Gasteiger partial charge on any atom is 0.472 e. The highest BCUT2D eigenvalue weighted by Gasteiger charge is 2.30. The molecule has 0 heterocycles. The van der Waals surface area contributed by atoms with Crippen molar-refractivity contribution in [3.8, 4) is 0 Å². The molecule has 3 unspecified atom stereocenters. The van der Waals surface area contributed by atoms with Gasteiger partial charge in [-0.05, 0) is 31.6 Å². The van der Waals surface area contributed by atoms with E-state index in [0.717, 1.165) is 95.8 Å². The highest BCUT2D eigenvalue weighted by molar-refractivity contribution is 7.47. The van der Waals surface area contributed by atoms with E-state index in [4.69, 9.17) is 37.0 Å². The van der Waals surface area contributed by atoms with E-state index in [9.17, 15) is 43.2 Å². The molecule has 17 nitrogen and oxygen atoms in total. The number of phosphoric ester groups is 2. The smallest absolute Gasteiger partial charge is 0.462 e. The number of carbonyl (C=O) groups is 4. The van der Waals surface area contributed by atoms with Gasteiger partial charge in [0.2, 0.25) is 0 Å². The molecule has 3 N–H and O–H groups in total. The second kappa shape index (κ2) is 79.7. The van der Waals surface area contributed by atoms with Crippen molar-refractivity contribution in [2.75, 3.05) is 39.6 Å². The van der Waals surface area contributed by atoms with Gasteiger partial charge >= 0.3 is 39.5 Å². The first-order valence-corrected chi connectivity index (χ1v) is 48.2. The Labute approximate surface area is 651 Å². The predicted octanol–water partition coefficient (Wildman–Crippen LogP) is 26.8. The summed E-state index contributed by atoms with van der Waals surface area (Å²) in [6, 6.07) is 0. The molecular formula is C87H170O17P2. The van der Waals surface area contributed by atoms with Crippen molar-refractivity contribution in [3.63, 3.8) is 0 Å². The van der Waals surface area contributed by atoms with Gasteiger partial charge in [-0.3, -0.25) is 37.3 Å². The molecule has 0 aromatic rings. The van der Waals surface area contributed by atoms with E-state index in [2.05, 4.69) is 34.6 Å². The van der Waals surface area contributed by atoms with Crippen LogP contribution in [-0.4, -0.2) is 96.7 Å². The highest BCUT2D eigenvalue weighted by Crippen LogP contribution is 2.45. The molecule has 0 spiro atoms. The van der Waals surface area contributed by atoms with Crippen LogP contribution in [0.15, 0.2) is 0 Å². The summed E-state index contributed by atoms with van der Waals surface area (Å²) >= 11 is 0. The molecule has 0 aromatic heterocycles. The van der Waals surface area contributed by atoms with E-state index in [1.54, 1.807) is 0 Å². The number of hydrogen-bond donors (Lipinski definition) is 3. The van der Waals surface area contributed by atoms with Crippen LogP contribution in [0.3, 0.4) is 0 Å². The van der Waals surface area contributed by atoms with Crippen LogP contribution in [0, 0.1) is 5.92 Å². The van der Waals surface area contributed by atoms with E-state index >= 15 is 0 Å². The number of hydrogen-bond acceptors (Lipinski definition) is 15. The van der Waals surface area contributed by atoms with Gasteiger partial charge in [-0.25, -0.2) is 9.13 Å². The minimum atomic E-state index is -4.97. The molecule has 0 bridgehead atoms. The zero-order valence-electron chi connectivity index (χ0n) is 69.6. The Bertz CT molecular complexity index is 2020. The topological polar surface area (TPSA) is 237 Å². The van der Waals surface area contributed by atoms with Gasteiger partial charge in [-0.1, -0.05) is 420 Å². The molecule has 0 aliphatic carbocycles. The number of rotatable bonds is 87. The Morgan fingerprint density at radius 2 is 0.453 bits per heavy atom. The average Bonchev–Trinajstić information content (AvgIpc) is 0.908. The molecule has 0 aliphatic rings. The molecule has 0 aliphatic heterocycles. The lowest BCUT2D eigenvalue weighted by Crippen LogP contribution is -2.30. The number of aliphatic hydroxyl groups excluding tert-OH is 1.